The minimum atomic E-state index is -0.345. The molecular formula is C21H27N5O3. The van der Waals surface area contributed by atoms with Crippen molar-refractivity contribution in [1.82, 2.24) is 24.9 Å². The maximum atomic E-state index is 13.2. The van der Waals surface area contributed by atoms with E-state index in [4.69, 9.17) is 4.74 Å². The fraction of sp³-hybridized carbons (Fsp3) is 0.429. The van der Waals surface area contributed by atoms with Crippen LogP contribution in [0.1, 0.15) is 36.6 Å². The third-order valence-electron chi connectivity index (χ3n) is 4.91. The number of hydrogen-bond acceptors (Lipinski definition) is 5. The van der Waals surface area contributed by atoms with Crippen molar-refractivity contribution < 1.29 is 9.53 Å². The van der Waals surface area contributed by atoms with E-state index in [9.17, 15) is 9.59 Å². The predicted octanol–water partition coefficient (Wildman–Crippen LogP) is 2.09. The zero-order valence-corrected chi connectivity index (χ0v) is 17.5. The second-order valence-corrected chi connectivity index (χ2v) is 7.43. The Morgan fingerprint density at radius 3 is 2.66 bits per heavy atom. The molecule has 8 heteroatoms. The van der Waals surface area contributed by atoms with E-state index < -0.39 is 0 Å². The van der Waals surface area contributed by atoms with E-state index in [1.165, 1.54) is 10.2 Å². The Balaban J connectivity index is 2.11. The van der Waals surface area contributed by atoms with Gasteiger partial charge in [-0.05, 0) is 43.0 Å². The smallest absolute Gasteiger partial charge is 0.293 e. The van der Waals surface area contributed by atoms with Gasteiger partial charge in [0.25, 0.3) is 5.56 Å². The van der Waals surface area contributed by atoms with Crippen molar-refractivity contribution in [1.29, 1.82) is 0 Å². The Bertz CT molecular complexity index is 1100. The van der Waals surface area contributed by atoms with Crippen molar-refractivity contribution >= 4 is 16.8 Å². The summed E-state index contributed by atoms with van der Waals surface area (Å²) in [7, 11) is 1.56. The van der Waals surface area contributed by atoms with Crippen LogP contribution in [0.25, 0.3) is 16.6 Å². The van der Waals surface area contributed by atoms with Gasteiger partial charge < -0.3 is 10.1 Å². The van der Waals surface area contributed by atoms with Crippen LogP contribution in [0.3, 0.4) is 0 Å². The molecule has 1 N–H and O–H groups in total. The lowest BCUT2D eigenvalue weighted by Crippen LogP contribution is -2.36. The Morgan fingerprint density at radius 1 is 1.24 bits per heavy atom. The molecule has 0 spiro atoms. The summed E-state index contributed by atoms with van der Waals surface area (Å²) < 4.78 is 7.79. The van der Waals surface area contributed by atoms with E-state index in [0.29, 0.717) is 24.1 Å². The fourth-order valence-corrected chi connectivity index (χ4v) is 3.16. The van der Waals surface area contributed by atoms with E-state index in [0.717, 1.165) is 16.9 Å². The quantitative estimate of drug-likeness (QED) is 0.617. The molecule has 0 aliphatic carbocycles. The average molecular weight is 397 g/mol. The summed E-state index contributed by atoms with van der Waals surface area (Å²) in [5.74, 6) is -0.221. The van der Waals surface area contributed by atoms with Crippen LogP contribution in [0.4, 0.5) is 0 Å². The molecule has 0 aliphatic heterocycles. The average Bonchev–Trinajstić information content (AvgIpc) is 3.11. The highest BCUT2D eigenvalue weighted by molar-refractivity contribution is 5.82. The van der Waals surface area contributed by atoms with Gasteiger partial charge in [-0.15, -0.1) is 0 Å². The van der Waals surface area contributed by atoms with Crippen LogP contribution in [0.2, 0.25) is 0 Å². The maximum Gasteiger partial charge on any atom is 0.293 e. The zero-order chi connectivity index (χ0) is 21.1. The van der Waals surface area contributed by atoms with Gasteiger partial charge in [-0.25, -0.2) is 9.36 Å². The highest BCUT2D eigenvalue weighted by atomic mass is 16.5. The van der Waals surface area contributed by atoms with Gasteiger partial charge in [0, 0.05) is 19.0 Å². The summed E-state index contributed by atoms with van der Waals surface area (Å²) in [4.78, 5) is 25.5. The lowest BCUT2D eigenvalue weighted by molar-refractivity contribution is -0.122. The number of fused-ring (bicyclic) bond motifs is 1. The first kappa shape index (κ1) is 20.7. The molecule has 8 nitrogen and oxygen atoms in total. The Hall–Kier alpha value is -3.00. The van der Waals surface area contributed by atoms with Gasteiger partial charge in [0.2, 0.25) is 5.91 Å². The van der Waals surface area contributed by atoms with Crippen LogP contribution in [0.5, 0.6) is 0 Å². The molecule has 0 saturated heterocycles. The predicted molar refractivity (Wildman–Crippen MR) is 112 cm³/mol. The van der Waals surface area contributed by atoms with Gasteiger partial charge in [-0.3, -0.25) is 9.59 Å². The Kier molecular flexibility index (Phi) is 6.12. The fourth-order valence-electron chi connectivity index (χ4n) is 3.16. The molecule has 29 heavy (non-hydrogen) atoms. The molecule has 0 saturated carbocycles. The molecule has 2 heterocycles. The molecule has 0 unspecified atom stereocenters. The van der Waals surface area contributed by atoms with Gasteiger partial charge in [0.05, 0.1) is 24.2 Å². The van der Waals surface area contributed by atoms with Crippen LogP contribution in [-0.4, -0.2) is 45.7 Å². The third kappa shape index (κ3) is 4.22. The first-order valence-corrected chi connectivity index (χ1v) is 9.65. The first-order chi connectivity index (χ1) is 13.8. The Labute approximate surface area is 169 Å². The van der Waals surface area contributed by atoms with Crippen LogP contribution in [0, 0.1) is 13.8 Å². The lowest BCUT2D eigenvalue weighted by atomic mass is 10.1. The Morgan fingerprint density at radius 2 is 2.00 bits per heavy atom. The summed E-state index contributed by atoms with van der Waals surface area (Å²) in [6, 6.07) is 5.94. The van der Waals surface area contributed by atoms with E-state index in [1.807, 2.05) is 45.9 Å². The molecule has 0 fully saturated rings. The summed E-state index contributed by atoms with van der Waals surface area (Å²) in [5, 5.41) is 12.4. The van der Waals surface area contributed by atoms with Gasteiger partial charge in [0.15, 0.2) is 0 Å². The van der Waals surface area contributed by atoms with Crippen molar-refractivity contribution in [2.75, 3.05) is 20.3 Å². The summed E-state index contributed by atoms with van der Waals surface area (Å²) in [6.45, 7) is 8.69. The van der Waals surface area contributed by atoms with Crippen LogP contribution < -0.4 is 10.9 Å². The van der Waals surface area contributed by atoms with Crippen LogP contribution in [-0.2, 0) is 16.1 Å². The second kappa shape index (κ2) is 8.57. The second-order valence-electron chi connectivity index (χ2n) is 7.43. The van der Waals surface area contributed by atoms with E-state index >= 15 is 0 Å². The zero-order valence-electron chi connectivity index (χ0n) is 17.5. The minimum absolute atomic E-state index is 0.0679. The molecule has 1 amide bonds. The van der Waals surface area contributed by atoms with Crippen molar-refractivity contribution in [3.63, 3.8) is 0 Å². The van der Waals surface area contributed by atoms with Gasteiger partial charge in [-0.1, -0.05) is 19.9 Å². The number of aromatic nitrogens is 4. The number of nitrogens with zero attached hydrogens (tertiary/aromatic N) is 4. The number of amides is 1. The maximum absolute atomic E-state index is 13.2. The van der Waals surface area contributed by atoms with E-state index in [-0.39, 0.29) is 23.9 Å². The van der Waals surface area contributed by atoms with E-state index in [2.05, 4.69) is 15.5 Å². The topological polar surface area (TPSA) is 91.0 Å². The van der Waals surface area contributed by atoms with Gasteiger partial charge in [-0.2, -0.15) is 10.2 Å². The molecule has 2 aromatic heterocycles. The molecular weight excluding hydrogens is 370 g/mol. The number of rotatable bonds is 7. The number of benzene rings is 1. The lowest BCUT2D eigenvalue weighted by Gasteiger charge is -2.12. The number of carbonyl (C=O) groups is 1. The summed E-state index contributed by atoms with van der Waals surface area (Å²) in [6.07, 6.45) is 1.68. The number of nitrogens with one attached hydrogen (secondary N) is 1. The minimum Gasteiger partial charge on any atom is -0.383 e. The molecule has 0 atom stereocenters. The molecule has 3 rings (SSSR count). The molecule has 1 aromatic carbocycles. The number of aryl methyl sites for hydroxylation is 2. The number of methoxy groups -OCH3 is 1. The van der Waals surface area contributed by atoms with E-state index in [1.54, 1.807) is 18.0 Å². The number of carbonyl (C=O) groups excluding carboxylic acids is 1. The van der Waals surface area contributed by atoms with Crippen molar-refractivity contribution in [2.45, 2.75) is 40.2 Å². The molecule has 0 bridgehead atoms. The highest BCUT2D eigenvalue weighted by Gasteiger charge is 2.20. The SMILES string of the molecule is COCCNC(=O)Cn1nc(C(C)C)c2cnn(-c3ccc(C)c(C)c3)c2c1=O. The van der Waals surface area contributed by atoms with Crippen LogP contribution >= 0.6 is 0 Å². The largest absolute Gasteiger partial charge is 0.383 e. The number of hydrogen-bond donors (Lipinski definition) is 1. The molecule has 3 aromatic rings. The monoisotopic (exact) mass is 397 g/mol. The van der Waals surface area contributed by atoms with Gasteiger partial charge in [0.1, 0.15) is 12.1 Å². The molecule has 154 valence electrons. The molecule has 0 aliphatic rings. The molecule has 0 radical (unpaired) electrons. The van der Waals surface area contributed by atoms with Gasteiger partial charge >= 0.3 is 0 Å². The van der Waals surface area contributed by atoms with Crippen molar-refractivity contribution in [2.24, 2.45) is 0 Å². The normalized spacial score (nSPS) is 11.4. The number of ether oxygens (including phenoxy) is 1. The summed E-state index contributed by atoms with van der Waals surface area (Å²) >= 11 is 0. The third-order valence-corrected chi connectivity index (χ3v) is 4.91. The van der Waals surface area contributed by atoms with Crippen molar-refractivity contribution in [3.05, 3.63) is 51.6 Å². The first-order valence-electron chi connectivity index (χ1n) is 9.65. The standard InChI is InChI=1S/C21H27N5O3/c1-13(2)19-17-11-23-26(16-7-6-14(3)15(4)10-16)20(17)21(28)25(24-19)12-18(27)22-8-9-29-5/h6-7,10-11,13H,8-9,12H2,1-5H3,(H,22,27). The summed E-state index contributed by atoms with van der Waals surface area (Å²) in [5.41, 5.74) is 3.90. The highest BCUT2D eigenvalue weighted by Crippen LogP contribution is 2.23. The van der Waals surface area contributed by atoms with Crippen molar-refractivity contribution in [3.8, 4) is 5.69 Å². The van der Waals surface area contributed by atoms with Crippen LogP contribution in [0.15, 0.2) is 29.2 Å².